The fourth-order valence-corrected chi connectivity index (χ4v) is 3.53. The maximum Gasteiger partial charge on any atom is 0.238 e. The van der Waals surface area contributed by atoms with E-state index in [4.69, 9.17) is 0 Å². The minimum atomic E-state index is 0.0127. The molecule has 26 heavy (non-hydrogen) atoms. The second-order valence-corrected chi connectivity index (χ2v) is 6.84. The van der Waals surface area contributed by atoms with Crippen LogP contribution in [0.25, 0.3) is 0 Å². The lowest BCUT2D eigenvalue weighted by molar-refractivity contribution is -0.117. The molecule has 136 valence electrons. The third kappa shape index (κ3) is 4.58. The van der Waals surface area contributed by atoms with Crippen LogP contribution in [0.15, 0.2) is 54.6 Å². The van der Waals surface area contributed by atoms with Gasteiger partial charge in [0.25, 0.3) is 0 Å². The van der Waals surface area contributed by atoms with Gasteiger partial charge in [-0.1, -0.05) is 55.5 Å². The van der Waals surface area contributed by atoms with E-state index in [1.165, 1.54) is 0 Å². The fraction of sp³-hybridized carbons (Fsp3) is 0.364. The van der Waals surface area contributed by atoms with Crippen LogP contribution in [0.2, 0.25) is 0 Å². The Hall–Kier alpha value is -2.46. The fourth-order valence-electron chi connectivity index (χ4n) is 3.53. The number of piperidine rings is 1. The van der Waals surface area contributed by atoms with Crippen molar-refractivity contribution in [1.29, 1.82) is 0 Å². The van der Waals surface area contributed by atoms with Crippen molar-refractivity contribution in [3.63, 3.8) is 0 Å². The predicted octanol–water partition coefficient (Wildman–Crippen LogP) is 3.78. The number of nitrogens with one attached hydrogen (secondary N) is 1. The molecule has 2 aromatic rings. The van der Waals surface area contributed by atoms with E-state index in [1.54, 1.807) is 0 Å². The van der Waals surface area contributed by atoms with Crippen LogP contribution >= 0.6 is 0 Å². The van der Waals surface area contributed by atoms with E-state index in [1.807, 2.05) is 54.6 Å². The van der Waals surface area contributed by atoms with E-state index in [2.05, 4.69) is 17.1 Å². The summed E-state index contributed by atoms with van der Waals surface area (Å²) in [4.78, 5) is 27.0. The number of ketones is 1. The molecule has 4 nitrogen and oxygen atoms in total. The Labute approximate surface area is 155 Å². The Kier molecular flexibility index (Phi) is 6.18. The van der Waals surface area contributed by atoms with Gasteiger partial charge in [-0.25, -0.2) is 0 Å². The number of Topliss-reactive ketones (excluding diaryl/α,β-unsaturated/α-hetero) is 1. The van der Waals surface area contributed by atoms with Crippen LogP contribution < -0.4 is 5.32 Å². The number of hydrogen-bond acceptors (Lipinski definition) is 3. The van der Waals surface area contributed by atoms with Gasteiger partial charge in [-0.2, -0.15) is 0 Å². The topological polar surface area (TPSA) is 49.4 Å². The van der Waals surface area contributed by atoms with Crippen molar-refractivity contribution >= 4 is 17.4 Å². The molecule has 2 aromatic carbocycles. The van der Waals surface area contributed by atoms with Gasteiger partial charge in [0.1, 0.15) is 0 Å². The van der Waals surface area contributed by atoms with Gasteiger partial charge in [0.05, 0.1) is 6.54 Å². The van der Waals surface area contributed by atoms with E-state index < -0.39 is 0 Å². The number of rotatable bonds is 6. The number of hydrogen-bond donors (Lipinski definition) is 1. The van der Waals surface area contributed by atoms with Gasteiger partial charge in [0.2, 0.25) is 5.91 Å². The molecule has 0 atom stereocenters. The number of carbonyl (C=O) groups excluding carboxylic acids is 2. The maximum atomic E-state index is 12.5. The minimum Gasteiger partial charge on any atom is -0.325 e. The smallest absolute Gasteiger partial charge is 0.238 e. The van der Waals surface area contributed by atoms with Crippen LogP contribution in [0.5, 0.6) is 0 Å². The number of likely N-dealkylation sites (tertiary alicyclic amines) is 1. The molecule has 1 saturated heterocycles. The van der Waals surface area contributed by atoms with E-state index in [-0.39, 0.29) is 17.6 Å². The molecule has 1 aliphatic rings. The molecule has 0 spiro atoms. The summed E-state index contributed by atoms with van der Waals surface area (Å²) in [6, 6.07) is 17.4. The highest BCUT2D eigenvalue weighted by Gasteiger charge is 2.26. The summed E-state index contributed by atoms with van der Waals surface area (Å²) in [6.45, 7) is 4.03. The number of amides is 1. The zero-order valence-electron chi connectivity index (χ0n) is 15.3. The van der Waals surface area contributed by atoms with Crippen LogP contribution in [0.1, 0.15) is 35.7 Å². The van der Waals surface area contributed by atoms with Crippen molar-refractivity contribution < 1.29 is 9.59 Å². The molecule has 0 aromatic heterocycles. The molecule has 1 amide bonds. The molecule has 1 heterocycles. The first-order valence-electron chi connectivity index (χ1n) is 9.36. The Balaban J connectivity index is 1.49. The summed E-state index contributed by atoms with van der Waals surface area (Å²) in [5.41, 5.74) is 2.84. The Morgan fingerprint density at radius 1 is 1.00 bits per heavy atom. The molecular formula is C22H26N2O2. The lowest BCUT2D eigenvalue weighted by Gasteiger charge is -2.30. The third-order valence-electron chi connectivity index (χ3n) is 5.06. The summed E-state index contributed by atoms with van der Waals surface area (Å²) in [7, 11) is 0. The molecule has 1 N–H and O–H groups in total. The summed E-state index contributed by atoms with van der Waals surface area (Å²) < 4.78 is 0. The van der Waals surface area contributed by atoms with Crippen LogP contribution in [0, 0.1) is 5.92 Å². The first-order chi connectivity index (χ1) is 12.7. The van der Waals surface area contributed by atoms with Gasteiger partial charge in [0.15, 0.2) is 5.78 Å². The molecular weight excluding hydrogens is 324 g/mol. The SMILES string of the molecule is CCc1ccccc1NC(=O)CN1CCC(C(=O)c2ccccc2)CC1. The molecule has 0 bridgehead atoms. The zero-order valence-corrected chi connectivity index (χ0v) is 15.3. The average Bonchev–Trinajstić information content (AvgIpc) is 2.69. The first kappa shape index (κ1) is 18.3. The van der Waals surface area contributed by atoms with Gasteiger partial charge >= 0.3 is 0 Å². The highest BCUT2D eigenvalue weighted by molar-refractivity contribution is 5.98. The maximum absolute atomic E-state index is 12.5. The lowest BCUT2D eigenvalue weighted by Crippen LogP contribution is -2.40. The Morgan fingerprint density at radius 2 is 1.65 bits per heavy atom. The van der Waals surface area contributed by atoms with Gasteiger partial charge in [0, 0.05) is 17.2 Å². The van der Waals surface area contributed by atoms with Crippen LogP contribution in [-0.4, -0.2) is 36.2 Å². The summed E-state index contributed by atoms with van der Waals surface area (Å²) in [6.07, 6.45) is 2.52. The van der Waals surface area contributed by atoms with Crippen LogP contribution in [0.3, 0.4) is 0 Å². The predicted molar refractivity (Wildman–Crippen MR) is 104 cm³/mol. The van der Waals surface area contributed by atoms with Crippen LogP contribution in [0.4, 0.5) is 5.69 Å². The van der Waals surface area contributed by atoms with Crippen molar-refractivity contribution in [1.82, 2.24) is 4.90 Å². The van der Waals surface area contributed by atoms with Crippen molar-refractivity contribution in [2.45, 2.75) is 26.2 Å². The van der Waals surface area contributed by atoms with Crippen LogP contribution in [-0.2, 0) is 11.2 Å². The standard InChI is InChI=1S/C22H26N2O2/c1-2-17-8-6-7-11-20(17)23-21(25)16-24-14-12-19(13-15-24)22(26)18-9-4-3-5-10-18/h3-11,19H,2,12-16H2,1H3,(H,23,25). The Bertz CT molecular complexity index is 750. The van der Waals surface area contributed by atoms with E-state index in [0.717, 1.165) is 49.2 Å². The summed E-state index contributed by atoms with van der Waals surface area (Å²) in [5, 5.41) is 3.02. The lowest BCUT2D eigenvalue weighted by atomic mass is 9.89. The summed E-state index contributed by atoms with van der Waals surface area (Å²) >= 11 is 0. The second-order valence-electron chi connectivity index (χ2n) is 6.84. The summed E-state index contributed by atoms with van der Waals surface area (Å²) in [5.74, 6) is 0.308. The third-order valence-corrected chi connectivity index (χ3v) is 5.06. The van der Waals surface area contributed by atoms with Crippen molar-refractivity contribution in [3.05, 3.63) is 65.7 Å². The van der Waals surface area contributed by atoms with Crippen molar-refractivity contribution in [3.8, 4) is 0 Å². The average molecular weight is 350 g/mol. The number of anilines is 1. The number of nitrogens with zero attached hydrogens (tertiary/aromatic N) is 1. The molecule has 0 unspecified atom stereocenters. The van der Waals surface area contributed by atoms with Gasteiger partial charge in [-0.05, 0) is 44.0 Å². The quantitative estimate of drug-likeness (QED) is 0.807. The number of aryl methyl sites for hydroxylation is 1. The highest BCUT2D eigenvalue weighted by atomic mass is 16.2. The van der Waals surface area contributed by atoms with Crippen molar-refractivity contribution in [2.75, 3.05) is 25.0 Å². The van der Waals surface area contributed by atoms with Gasteiger partial charge in [-0.15, -0.1) is 0 Å². The monoisotopic (exact) mass is 350 g/mol. The minimum absolute atomic E-state index is 0.0127. The van der Waals surface area contributed by atoms with E-state index in [9.17, 15) is 9.59 Å². The van der Waals surface area contributed by atoms with Crippen molar-refractivity contribution in [2.24, 2.45) is 5.92 Å². The molecule has 0 saturated carbocycles. The normalized spacial score (nSPS) is 15.6. The second kappa shape index (κ2) is 8.77. The largest absolute Gasteiger partial charge is 0.325 e. The number of carbonyl (C=O) groups is 2. The molecule has 1 aliphatic heterocycles. The molecule has 0 radical (unpaired) electrons. The van der Waals surface area contributed by atoms with E-state index in [0.29, 0.717) is 6.54 Å². The number of benzene rings is 2. The molecule has 3 rings (SSSR count). The molecule has 1 fully saturated rings. The Morgan fingerprint density at radius 3 is 2.35 bits per heavy atom. The number of para-hydroxylation sites is 1. The molecule has 0 aliphatic carbocycles. The van der Waals surface area contributed by atoms with Gasteiger partial charge in [-0.3, -0.25) is 14.5 Å². The zero-order chi connectivity index (χ0) is 18.4. The first-order valence-corrected chi connectivity index (χ1v) is 9.36. The highest BCUT2D eigenvalue weighted by Crippen LogP contribution is 2.22. The van der Waals surface area contributed by atoms with Gasteiger partial charge < -0.3 is 5.32 Å². The molecule has 4 heteroatoms. The van der Waals surface area contributed by atoms with E-state index >= 15 is 0 Å².